The van der Waals surface area contributed by atoms with E-state index in [-0.39, 0.29) is 0 Å². The summed E-state index contributed by atoms with van der Waals surface area (Å²) in [4.78, 5) is 0. The van der Waals surface area contributed by atoms with Crippen molar-refractivity contribution >= 4 is 11.0 Å². The van der Waals surface area contributed by atoms with Gasteiger partial charge >= 0.3 is 0 Å². The molecule has 3 nitrogen and oxygen atoms in total. The minimum atomic E-state index is 0.506. The summed E-state index contributed by atoms with van der Waals surface area (Å²) in [6.45, 7) is 0. The molecule has 76 valence electrons. The van der Waals surface area contributed by atoms with Gasteiger partial charge in [-0.15, -0.1) is 0 Å². The molecule has 0 saturated heterocycles. The number of aryl methyl sites for hydroxylation is 1. The lowest BCUT2D eigenvalue weighted by Crippen LogP contribution is -1.84. The Morgan fingerprint density at radius 3 is 3.07 bits per heavy atom. The smallest absolute Gasteiger partial charge is 0.175 e. The van der Waals surface area contributed by atoms with Crippen LogP contribution in [0.4, 0.5) is 0 Å². The van der Waals surface area contributed by atoms with Gasteiger partial charge < -0.3 is 9.15 Å². The number of ether oxygens (including phenoxy) is 1. The third kappa shape index (κ3) is 1.66. The number of furan rings is 1. The van der Waals surface area contributed by atoms with Gasteiger partial charge in [-0.05, 0) is 18.1 Å². The molecule has 0 aliphatic heterocycles. The number of nitrogens with zero attached hydrogens (tertiary/aromatic N) is 1. The lowest BCUT2D eigenvalue weighted by Gasteiger charge is -1.99. The van der Waals surface area contributed by atoms with Gasteiger partial charge in [-0.1, -0.05) is 12.1 Å². The maximum absolute atomic E-state index is 8.53. The fourth-order valence-electron chi connectivity index (χ4n) is 1.63. The van der Waals surface area contributed by atoms with E-state index in [9.17, 15) is 0 Å². The molecular formula is C12H11NO2. The summed E-state index contributed by atoms with van der Waals surface area (Å²) in [5.74, 6) is 0.732. The molecule has 0 amide bonds. The first kappa shape index (κ1) is 9.60. The fraction of sp³-hybridized carbons (Fsp3) is 0.250. The molecule has 0 bridgehead atoms. The summed E-state index contributed by atoms with van der Waals surface area (Å²) in [6, 6.07) is 7.89. The Bertz CT molecular complexity index is 508. The van der Waals surface area contributed by atoms with Crippen LogP contribution in [0.3, 0.4) is 0 Å². The van der Waals surface area contributed by atoms with E-state index in [0.717, 1.165) is 28.7 Å². The first-order valence-electron chi connectivity index (χ1n) is 4.77. The minimum absolute atomic E-state index is 0.506. The SMILES string of the molecule is COc1cccc2c(CCC#N)coc12. The van der Waals surface area contributed by atoms with Crippen LogP contribution in [0.15, 0.2) is 28.9 Å². The van der Waals surface area contributed by atoms with Gasteiger partial charge in [0.2, 0.25) is 0 Å². The third-order valence-corrected chi connectivity index (χ3v) is 2.37. The molecule has 1 aromatic carbocycles. The second-order valence-electron chi connectivity index (χ2n) is 3.26. The zero-order valence-electron chi connectivity index (χ0n) is 8.49. The molecule has 3 heteroatoms. The Kier molecular flexibility index (Phi) is 2.59. The summed E-state index contributed by atoms with van der Waals surface area (Å²) < 4.78 is 10.6. The lowest BCUT2D eigenvalue weighted by atomic mass is 10.1. The van der Waals surface area contributed by atoms with Crippen molar-refractivity contribution in [2.24, 2.45) is 0 Å². The van der Waals surface area contributed by atoms with Gasteiger partial charge in [0.05, 0.1) is 19.4 Å². The van der Waals surface area contributed by atoms with Crippen LogP contribution >= 0.6 is 0 Å². The van der Waals surface area contributed by atoms with E-state index in [1.54, 1.807) is 13.4 Å². The molecule has 0 aliphatic carbocycles. The summed E-state index contributed by atoms with van der Waals surface area (Å²) in [7, 11) is 1.62. The van der Waals surface area contributed by atoms with Crippen molar-refractivity contribution in [2.75, 3.05) is 7.11 Å². The van der Waals surface area contributed by atoms with Crippen molar-refractivity contribution in [1.29, 1.82) is 5.26 Å². The van der Waals surface area contributed by atoms with E-state index in [2.05, 4.69) is 6.07 Å². The van der Waals surface area contributed by atoms with Gasteiger partial charge in [-0.2, -0.15) is 5.26 Å². The summed E-state index contributed by atoms with van der Waals surface area (Å²) in [5, 5.41) is 9.56. The second-order valence-corrected chi connectivity index (χ2v) is 3.26. The number of nitriles is 1. The van der Waals surface area contributed by atoms with Crippen LogP contribution in [0.1, 0.15) is 12.0 Å². The quantitative estimate of drug-likeness (QED) is 0.767. The molecule has 0 aliphatic rings. The Hall–Kier alpha value is -1.95. The van der Waals surface area contributed by atoms with Gasteiger partial charge in [-0.3, -0.25) is 0 Å². The fourth-order valence-corrected chi connectivity index (χ4v) is 1.63. The molecule has 0 N–H and O–H groups in total. The first-order chi connectivity index (χ1) is 7.36. The monoisotopic (exact) mass is 201 g/mol. The molecule has 0 saturated carbocycles. The van der Waals surface area contributed by atoms with Crippen molar-refractivity contribution < 1.29 is 9.15 Å². The lowest BCUT2D eigenvalue weighted by molar-refractivity contribution is 0.410. The topological polar surface area (TPSA) is 46.2 Å². The van der Waals surface area contributed by atoms with E-state index in [1.807, 2.05) is 18.2 Å². The number of para-hydroxylation sites is 1. The number of fused-ring (bicyclic) bond motifs is 1. The number of hydrogen-bond acceptors (Lipinski definition) is 3. The zero-order valence-corrected chi connectivity index (χ0v) is 8.49. The predicted molar refractivity (Wildman–Crippen MR) is 56.7 cm³/mol. The summed E-state index contributed by atoms with van der Waals surface area (Å²) in [6.07, 6.45) is 2.92. The van der Waals surface area contributed by atoms with Crippen molar-refractivity contribution in [3.8, 4) is 11.8 Å². The van der Waals surface area contributed by atoms with Crippen molar-refractivity contribution in [3.63, 3.8) is 0 Å². The van der Waals surface area contributed by atoms with Crippen LogP contribution in [-0.4, -0.2) is 7.11 Å². The third-order valence-electron chi connectivity index (χ3n) is 2.37. The Balaban J connectivity index is 2.47. The highest BCUT2D eigenvalue weighted by molar-refractivity contribution is 5.86. The first-order valence-corrected chi connectivity index (χ1v) is 4.77. The Morgan fingerprint density at radius 1 is 1.47 bits per heavy atom. The molecule has 15 heavy (non-hydrogen) atoms. The predicted octanol–water partition coefficient (Wildman–Crippen LogP) is 2.90. The van der Waals surface area contributed by atoms with E-state index < -0.39 is 0 Å². The largest absolute Gasteiger partial charge is 0.493 e. The van der Waals surface area contributed by atoms with Gasteiger partial charge in [0, 0.05) is 11.8 Å². The molecular weight excluding hydrogens is 190 g/mol. The average molecular weight is 201 g/mol. The molecule has 0 fully saturated rings. The van der Waals surface area contributed by atoms with E-state index >= 15 is 0 Å². The summed E-state index contributed by atoms with van der Waals surface area (Å²) >= 11 is 0. The molecule has 0 radical (unpaired) electrons. The molecule has 2 aromatic rings. The highest BCUT2D eigenvalue weighted by Gasteiger charge is 2.09. The van der Waals surface area contributed by atoms with Crippen LogP contribution in [0, 0.1) is 11.3 Å². The normalized spacial score (nSPS) is 10.1. The zero-order chi connectivity index (χ0) is 10.7. The Labute approximate surface area is 87.9 Å². The van der Waals surface area contributed by atoms with Gasteiger partial charge in [0.25, 0.3) is 0 Å². The number of methoxy groups -OCH3 is 1. The van der Waals surface area contributed by atoms with Crippen LogP contribution in [0.5, 0.6) is 5.75 Å². The Morgan fingerprint density at radius 2 is 2.33 bits per heavy atom. The van der Waals surface area contributed by atoms with Crippen LogP contribution in [0.2, 0.25) is 0 Å². The van der Waals surface area contributed by atoms with Crippen molar-refractivity contribution in [1.82, 2.24) is 0 Å². The highest BCUT2D eigenvalue weighted by Crippen LogP contribution is 2.29. The second kappa shape index (κ2) is 4.05. The standard InChI is InChI=1S/C12H11NO2/c1-14-11-6-2-5-10-9(4-3-7-13)8-15-12(10)11/h2,5-6,8H,3-4H2,1H3. The molecule has 1 aromatic heterocycles. The van der Waals surface area contributed by atoms with Gasteiger partial charge in [0.1, 0.15) is 0 Å². The maximum Gasteiger partial charge on any atom is 0.175 e. The number of hydrogen-bond donors (Lipinski definition) is 0. The van der Waals surface area contributed by atoms with Crippen molar-refractivity contribution in [3.05, 3.63) is 30.0 Å². The van der Waals surface area contributed by atoms with Gasteiger partial charge in [-0.25, -0.2) is 0 Å². The van der Waals surface area contributed by atoms with Crippen molar-refractivity contribution in [2.45, 2.75) is 12.8 Å². The molecule has 0 spiro atoms. The van der Waals surface area contributed by atoms with Crippen LogP contribution in [-0.2, 0) is 6.42 Å². The van der Waals surface area contributed by atoms with Crippen LogP contribution in [0.25, 0.3) is 11.0 Å². The van der Waals surface area contributed by atoms with E-state index in [4.69, 9.17) is 14.4 Å². The van der Waals surface area contributed by atoms with Gasteiger partial charge in [0.15, 0.2) is 11.3 Å². The number of benzene rings is 1. The van der Waals surface area contributed by atoms with E-state index in [0.29, 0.717) is 6.42 Å². The molecule has 2 rings (SSSR count). The molecule has 0 unspecified atom stereocenters. The molecule has 0 atom stereocenters. The minimum Gasteiger partial charge on any atom is -0.493 e. The summed E-state index contributed by atoms with van der Waals surface area (Å²) in [5.41, 5.74) is 1.82. The number of rotatable bonds is 3. The highest BCUT2D eigenvalue weighted by atomic mass is 16.5. The van der Waals surface area contributed by atoms with Crippen LogP contribution < -0.4 is 4.74 Å². The molecule has 1 heterocycles. The van der Waals surface area contributed by atoms with E-state index in [1.165, 1.54) is 0 Å². The maximum atomic E-state index is 8.53. The average Bonchev–Trinajstić information content (AvgIpc) is 2.69.